The van der Waals surface area contributed by atoms with E-state index in [9.17, 15) is 0 Å². The molecule has 0 amide bonds. The van der Waals surface area contributed by atoms with Crippen LogP contribution in [-0.2, 0) is 0 Å². The minimum atomic E-state index is 0.704. The molecular formula is C13H23N3. The first kappa shape index (κ1) is 12.8. The second-order valence-corrected chi connectivity index (χ2v) is 4.57. The largest absolute Gasteiger partial charge is 0.378 e. The summed E-state index contributed by atoms with van der Waals surface area (Å²) in [5, 5.41) is 3.39. The van der Waals surface area contributed by atoms with Gasteiger partial charge in [-0.3, -0.25) is 0 Å². The molecule has 1 atom stereocenters. The molecule has 3 nitrogen and oxygen atoms in total. The van der Waals surface area contributed by atoms with E-state index >= 15 is 0 Å². The topological polar surface area (TPSA) is 28.2 Å². The van der Waals surface area contributed by atoms with Gasteiger partial charge in [0.25, 0.3) is 0 Å². The van der Waals surface area contributed by atoms with Crippen LogP contribution in [0.1, 0.15) is 26.7 Å². The molecule has 0 aliphatic carbocycles. The minimum Gasteiger partial charge on any atom is -0.378 e. The van der Waals surface area contributed by atoms with Crippen LogP contribution >= 0.6 is 0 Å². The summed E-state index contributed by atoms with van der Waals surface area (Å²) in [5.41, 5.74) is 1.18. The van der Waals surface area contributed by atoms with Gasteiger partial charge in [-0.2, -0.15) is 0 Å². The molecule has 1 aromatic rings. The van der Waals surface area contributed by atoms with Crippen molar-refractivity contribution < 1.29 is 0 Å². The van der Waals surface area contributed by atoms with E-state index in [1.807, 2.05) is 26.4 Å². The fourth-order valence-electron chi connectivity index (χ4n) is 1.67. The maximum absolute atomic E-state index is 4.32. The number of nitrogens with zero attached hydrogens (tertiary/aromatic N) is 2. The van der Waals surface area contributed by atoms with Crippen LogP contribution in [0.15, 0.2) is 18.3 Å². The molecule has 16 heavy (non-hydrogen) atoms. The summed E-state index contributed by atoms with van der Waals surface area (Å²) < 4.78 is 0. The standard InChI is InChI=1S/C13H23N3/c1-5-6-11(2)10-15-13-9-12(16(3)4)7-8-14-13/h7-9,11H,5-6,10H2,1-4H3,(H,14,15). The highest BCUT2D eigenvalue weighted by Crippen LogP contribution is 2.15. The summed E-state index contributed by atoms with van der Waals surface area (Å²) in [5.74, 6) is 1.67. The third kappa shape index (κ3) is 4.09. The molecule has 1 N–H and O–H groups in total. The summed E-state index contributed by atoms with van der Waals surface area (Å²) in [7, 11) is 4.08. The van der Waals surface area contributed by atoms with Crippen LogP contribution in [-0.4, -0.2) is 25.6 Å². The van der Waals surface area contributed by atoms with E-state index < -0.39 is 0 Å². The lowest BCUT2D eigenvalue weighted by molar-refractivity contribution is 0.550. The third-order valence-electron chi connectivity index (χ3n) is 2.67. The van der Waals surface area contributed by atoms with Gasteiger partial charge in [0, 0.05) is 38.6 Å². The molecule has 0 saturated carbocycles. The second-order valence-electron chi connectivity index (χ2n) is 4.57. The van der Waals surface area contributed by atoms with Crippen molar-refractivity contribution in [1.29, 1.82) is 0 Å². The molecule has 1 unspecified atom stereocenters. The van der Waals surface area contributed by atoms with Crippen LogP contribution in [0.4, 0.5) is 11.5 Å². The van der Waals surface area contributed by atoms with Crippen molar-refractivity contribution in [3.8, 4) is 0 Å². The Bertz CT molecular complexity index is 310. The lowest BCUT2D eigenvalue weighted by Gasteiger charge is -2.15. The van der Waals surface area contributed by atoms with Crippen molar-refractivity contribution in [3.63, 3.8) is 0 Å². The molecule has 0 aliphatic heterocycles. The van der Waals surface area contributed by atoms with E-state index in [0.717, 1.165) is 12.4 Å². The lowest BCUT2D eigenvalue weighted by Crippen LogP contribution is -2.13. The molecule has 1 rings (SSSR count). The van der Waals surface area contributed by atoms with Gasteiger partial charge < -0.3 is 10.2 Å². The number of aromatic nitrogens is 1. The predicted octanol–water partition coefficient (Wildman–Crippen LogP) is 3.00. The monoisotopic (exact) mass is 221 g/mol. The van der Waals surface area contributed by atoms with Crippen molar-refractivity contribution in [2.45, 2.75) is 26.7 Å². The van der Waals surface area contributed by atoms with Gasteiger partial charge in [0.1, 0.15) is 5.82 Å². The van der Waals surface area contributed by atoms with Crippen LogP contribution in [0.2, 0.25) is 0 Å². The number of anilines is 2. The molecule has 0 aromatic carbocycles. The molecule has 0 aliphatic rings. The summed E-state index contributed by atoms with van der Waals surface area (Å²) >= 11 is 0. The second kappa shape index (κ2) is 6.36. The quantitative estimate of drug-likeness (QED) is 0.800. The molecule has 0 radical (unpaired) electrons. The molecule has 0 saturated heterocycles. The normalized spacial score (nSPS) is 12.2. The average Bonchev–Trinajstić information content (AvgIpc) is 2.27. The summed E-state index contributed by atoms with van der Waals surface area (Å²) in [4.78, 5) is 6.40. The molecule has 0 spiro atoms. The zero-order valence-corrected chi connectivity index (χ0v) is 10.8. The first-order valence-corrected chi connectivity index (χ1v) is 6.00. The highest BCUT2D eigenvalue weighted by atomic mass is 15.1. The van der Waals surface area contributed by atoms with Crippen LogP contribution in [0.3, 0.4) is 0 Å². The van der Waals surface area contributed by atoms with E-state index in [1.165, 1.54) is 18.5 Å². The molecule has 3 heteroatoms. The zero-order chi connectivity index (χ0) is 12.0. The number of hydrogen-bond acceptors (Lipinski definition) is 3. The van der Waals surface area contributed by atoms with E-state index in [2.05, 4.69) is 35.1 Å². The number of nitrogens with one attached hydrogen (secondary N) is 1. The number of pyridine rings is 1. The summed E-state index contributed by atoms with van der Waals surface area (Å²) in [6, 6.07) is 4.10. The Morgan fingerprint density at radius 3 is 2.81 bits per heavy atom. The van der Waals surface area contributed by atoms with Gasteiger partial charge in [0.05, 0.1) is 0 Å². The Morgan fingerprint density at radius 2 is 2.19 bits per heavy atom. The van der Waals surface area contributed by atoms with Gasteiger partial charge in [-0.05, 0) is 18.4 Å². The van der Waals surface area contributed by atoms with Gasteiger partial charge >= 0.3 is 0 Å². The SMILES string of the molecule is CCCC(C)CNc1cc(N(C)C)ccn1. The maximum atomic E-state index is 4.32. The van der Waals surface area contributed by atoms with Crippen molar-refractivity contribution >= 4 is 11.5 Å². The molecule has 1 aromatic heterocycles. The molecule has 1 heterocycles. The first-order valence-electron chi connectivity index (χ1n) is 6.00. The molecule has 0 fully saturated rings. The molecule has 0 bridgehead atoms. The van der Waals surface area contributed by atoms with Crippen molar-refractivity contribution in [2.24, 2.45) is 5.92 Å². The van der Waals surface area contributed by atoms with Crippen LogP contribution < -0.4 is 10.2 Å². The summed E-state index contributed by atoms with van der Waals surface area (Å²) in [6.45, 7) is 5.49. The van der Waals surface area contributed by atoms with Gasteiger partial charge in [-0.15, -0.1) is 0 Å². The Hall–Kier alpha value is -1.25. The van der Waals surface area contributed by atoms with Gasteiger partial charge in [0.15, 0.2) is 0 Å². The Balaban J connectivity index is 2.50. The fourth-order valence-corrected chi connectivity index (χ4v) is 1.67. The van der Waals surface area contributed by atoms with Crippen LogP contribution in [0.25, 0.3) is 0 Å². The Labute approximate surface area is 98.9 Å². The van der Waals surface area contributed by atoms with Crippen LogP contribution in [0.5, 0.6) is 0 Å². The number of rotatable bonds is 6. The fraction of sp³-hybridized carbons (Fsp3) is 0.615. The van der Waals surface area contributed by atoms with E-state index in [4.69, 9.17) is 0 Å². The van der Waals surface area contributed by atoms with E-state index in [0.29, 0.717) is 5.92 Å². The molecular weight excluding hydrogens is 198 g/mol. The highest BCUT2D eigenvalue weighted by molar-refractivity contribution is 5.52. The summed E-state index contributed by atoms with van der Waals surface area (Å²) in [6.07, 6.45) is 4.36. The smallest absolute Gasteiger partial charge is 0.127 e. The lowest BCUT2D eigenvalue weighted by atomic mass is 10.1. The number of hydrogen-bond donors (Lipinski definition) is 1. The zero-order valence-electron chi connectivity index (χ0n) is 10.8. The highest BCUT2D eigenvalue weighted by Gasteiger charge is 2.02. The van der Waals surface area contributed by atoms with Gasteiger partial charge in [0.2, 0.25) is 0 Å². The average molecular weight is 221 g/mol. The van der Waals surface area contributed by atoms with Crippen molar-refractivity contribution in [1.82, 2.24) is 4.98 Å². The van der Waals surface area contributed by atoms with Gasteiger partial charge in [-0.1, -0.05) is 20.3 Å². The van der Waals surface area contributed by atoms with Crippen molar-refractivity contribution in [3.05, 3.63) is 18.3 Å². The third-order valence-corrected chi connectivity index (χ3v) is 2.67. The van der Waals surface area contributed by atoms with Crippen LogP contribution in [0, 0.1) is 5.92 Å². The molecule has 90 valence electrons. The minimum absolute atomic E-state index is 0.704. The Kier molecular flexibility index (Phi) is 5.09. The first-order chi connectivity index (χ1) is 7.63. The van der Waals surface area contributed by atoms with Crippen molar-refractivity contribution in [2.75, 3.05) is 30.9 Å². The predicted molar refractivity (Wildman–Crippen MR) is 71.1 cm³/mol. The Morgan fingerprint density at radius 1 is 1.44 bits per heavy atom. The van der Waals surface area contributed by atoms with E-state index in [-0.39, 0.29) is 0 Å². The van der Waals surface area contributed by atoms with Gasteiger partial charge in [-0.25, -0.2) is 4.98 Å². The van der Waals surface area contributed by atoms with E-state index in [1.54, 1.807) is 0 Å². The maximum Gasteiger partial charge on any atom is 0.127 e.